The first kappa shape index (κ1) is 20.6. The largest absolute Gasteiger partial charge is 0.425 e. The lowest BCUT2D eigenvalue weighted by atomic mass is 10.0. The lowest BCUT2D eigenvalue weighted by Crippen LogP contribution is -2.23. The van der Waals surface area contributed by atoms with Gasteiger partial charge in [0, 0.05) is 13.5 Å². The van der Waals surface area contributed by atoms with Gasteiger partial charge in [-0.25, -0.2) is 4.98 Å². The van der Waals surface area contributed by atoms with Crippen LogP contribution in [0, 0.1) is 12.8 Å². The minimum atomic E-state index is 0.0250. The fraction of sp³-hybridized carbons (Fsp3) is 0.524. The smallest absolute Gasteiger partial charge is 0.262 e. The zero-order chi connectivity index (χ0) is 19.9. The number of nitrogens with zero attached hydrogens (tertiary/aromatic N) is 4. The molecule has 2 heterocycles. The van der Waals surface area contributed by atoms with Crippen LogP contribution in [0.4, 0.5) is 0 Å². The highest BCUT2D eigenvalue weighted by Crippen LogP contribution is 2.22. The van der Waals surface area contributed by atoms with Gasteiger partial charge in [-0.1, -0.05) is 63.4 Å². The highest BCUT2D eigenvalue weighted by molar-refractivity contribution is 7.98. The van der Waals surface area contributed by atoms with Gasteiger partial charge in [-0.05, 0) is 24.5 Å². The molecule has 3 rings (SSSR count). The summed E-state index contributed by atoms with van der Waals surface area (Å²) in [5, 5.41) is 9.27. The van der Waals surface area contributed by atoms with E-state index in [9.17, 15) is 4.79 Å². The van der Waals surface area contributed by atoms with E-state index in [2.05, 4.69) is 24.0 Å². The van der Waals surface area contributed by atoms with Gasteiger partial charge in [0.25, 0.3) is 5.56 Å². The monoisotopic (exact) mass is 400 g/mol. The fourth-order valence-electron chi connectivity index (χ4n) is 3.15. The Labute approximate surface area is 169 Å². The van der Waals surface area contributed by atoms with Gasteiger partial charge in [-0.2, -0.15) is 0 Å². The summed E-state index contributed by atoms with van der Waals surface area (Å²) in [5.41, 5.74) is 0.752. The summed E-state index contributed by atoms with van der Waals surface area (Å²) in [6.45, 7) is 6.97. The molecule has 28 heavy (non-hydrogen) atoms. The molecule has 0 saturated carbocycles. The molecule has 0 radical (unpaired) electrons. The highest BCUT2D eigenvalue weighted by atomic mass is 32.2. The van der Waals surface area contributed by atoms with E-state index < -0.39 is 0 Å². The van der Waals surface area contributed by atoms with Crippen molar-refractivity contribution in [3.05, 3.63) is 46.4 Å². The summed E-state index contributed by atoms with van der Waals surface area (Å²) in [4.78, 5) is 17.8. The van der Waals surface area contributed by atoms with Gasteiger partial charge in [0.1, 0.15) is 0 Å². The Morgan fingerprint density at radius 1 is 1.11 bits per heavy atom. The van der Waals surface area contributed by atoms with Crippen LogP contribution >= 0.6 is 11.8 Å². The number of para-hydroxylation sites is 1. The number of aryl methyl sites for hydroxylation is 1. The first-order valence-corrected chi connectivity index (χ1v) is 10.9. The van der Waals surface area contributed by atoms with E-state index in [0.29, 0.717) is 34.6 Å². The normalized spacial score (nSPS) is 11.6. The molecule has 0 fully saturated rings. The molecule has 0 aliphatic carbocycles. The van der Waals surface area contributed by atoms with Crippen molar-refractivity contribution in [3.63, 3.8) is 0 Å². The van der Waals surface area contributed by atoms with Crippen LogP contribution in [0.1, 0.15) is 57.7 Å². The third-order valence-electron chi connectivity index (χ3n) is 4.63. The van der Waals surface area contributed by atoms with Crippen molar-refractivity contribution in [1.82, 2.24) is 19.7 Å². The summed E-state index contributed by atoms with van der Waals surface area (Å²) < 4.78 is 7.25. The van der Waals surface area contributed by atoms with Crippen molar-refractivity contribution in [2.24, 2.45) is 5.92 Å². The fourth-order valence-corrected chi connectivity index (χ4v) is 4.02. The maximum atomic E-state index is 13.0. The summed E-state index contributed by atoms with van der Waals surface area (Å²) >= 11 is 1.47. The second kappa shape index (κ2) is 9.87. The molecule has 7 heteroatoms. The summed E-state index contributed by atoms with van der Waals surface area (Å²) in [6.07, 6.45) is 5.82. The molecular weight excluding hydrogens is 372 g/mol. The average Bonchev–Trinajstić information content (AvgIpc) is 3.09. The van der Waals surface area contributed by atoms with Crippen LogP contribution in [0.25, 0.3) is 10.9 Å². The molecule has 0 bridgehead atoms. The van der Waals surface area contributed by atoms with Gasteiger partial charge in [0.15, 0.2) is 5.16 Å². The van der Waals surface area contributed by atoms with E-state index in [-0.39, 0.29) is 5.56 Å². The van der Waals surface area contributed by atoms with Crippen LogP contribution < -0.4 is 5.56 Å². The molecule has 0 saturated heterocycles. The van der Waals surface area contributed by atoms with E-state index in [4.69, 9.17) is 9.40 Å². The van der Waals surface area contributed by atoms with Crippen molar-refractivity contribution in [1.29, 1.82) is 0 Å². The Kier molecular flexibility index (Phi) is 7.25. The molecule has 6 nitrogen and oxygen atoms in total. The number of rotatable bonds is 10. The van der Waals surface area contributed by atoms with Gasteiger partial charge >= 0.3 is 0 Å². The van der Waals surface area contributed by atoms with Crippen molar-refractivity contribution >= 4 is 22.7 Å². The Morgan fingerprint density at radius 2 is 1.89 bits per heavy atom. The standard InChI is InChI=1S/C21H28N4O2S/c1-15(2)10-6-4-5-9-13-25-20(26)17-11-7-8-12-18(17)22-21(25)28-14-19-24-23-16(3)27-19/h7-8,11-12,15H,4-6,9-10,13-14H2,1-3H3. The van der Waals surface area contributed by atoms with E-state index in [1.54, 1.807) is 11.5 Å². The molecule has 0 spiro atoms. The zero-order valence-corrected chi connectivity index (χ0v) is 17.7. The molecular formula is C21H28N4O2S. The van der Waals surface area contributed by atoms with E-state index in [0.717, 1.165) is 24.3 Å². The Morgan fingerprint density at radius 3 is 2.64 bits per heavy atom. The molecule has 0 unspecified atom stereocenters. The lowest BCUT2D eigenvalue weighted by molar-refractivity contribution is 0.483. The number of hydrogen-bond donors (Lipinski definition) is 0. The number of aromatic nitrogens is 4. The second-order valence-electron chi connectivity index (χ2n) is 7.47. The maximum absolute atomic E-state index is 13.0. The molecule has 0 N–H and O–H groups in total. The van der Waals surface area contributed by atoms with Gasteiger partial charge in [0.05, 0.1) is 16.7 Å². The molecule has 2 aromatic heterocycles. The van der Waals surface area contributed by atoms with Crippen LogP contribution in [0.2, 0.25) is 0 Å². The van der Waals surface area contributed by atoms with Gasteiger partial charge in [-0.15, -0.1) is 10.2 Å². The molecule has 150 valence electrons. The van der Waals surface area contributed by atoms with Crippen molar-refractivity contribution < 1.29 is 4.42 Å². The first-order valence-electron chi connectivity index (χ1n) is 9.96. The van der Waals surface area contributed by atoms with Crippen molar-refractivity contribution in [3.8, 4) is 0 Å². The molecule has 0 aliphatic heterocycles. The zero-order valence-electron chi connectivity index (χ0n) is 16.9. The van der Waals surface area contributed by atoms with Crippen molar-refractivity contribution in [2.45, 2.75) is 70.3 Å². The lowest BCUT2D eigenvalue weighted by Gasteiger charge is -2.12. The van der Waals surface area contributed by atoms with E-state index >= 15 is 0 Å². The highest BCUT2D eigenvalue weighted by Gasteiger charge is 2.13. The predicted molar refractivity (Wildman–Crippen MR) is 113 cm³/mol. The topological polar surface area (TPSA) is 73.8 Å². The minimum Gasteiger partial charge on any atom is -0.425 e. The van der Waals surface area contributed by atoms with Crippen LogP contribution in [0.5, 0.6) is 0 Å². The first-order chi connectivity index (χ1) is 13.5. The second-order valence-corrected chi connectivity index (χ2v) is 8.41. The Hall–Kier alpha value is -2.15. The van der Waals surface area contributed by atoms with E-state index in [1.165, 1.54) is 31.0 Å². The number of unbranched alkanes of at least 4 members (excludes halogenated alkanes) is 3. The number of fused-ring (bicyclic) bond motifs is 1. The Balaban J connectivity index is 1.73. The summed E-state index contributed by atoms with van der Waals surface area (Å²) in [7, 11) is 0. The molecule has 0 amide bonds. The maximum Gasteiger partial charge on any atom is 0.262 e. The predicted octanol–water partition coefficient (Wildman–Crippen LogP) is 4.99. The van der Waals surface area contributed by atoms with Gasteiger partial charge in [-0.3, -0.25) is 9.36 Å². The number of thioether (sulfide) groups is 1. The molecule has 1 aromatic carbocycles. The number of benzene rings is 1. The van der Waals surface area contributed by atoms with E-state index in [1.807, 2.05) is 24.3 Å². The molecule has 0 aliphatic rings. The molecule has 0 atom stereocenters. The minimum absolute atomic E-state index is 0.0250. The molecule has 3 aromatic rings. The van der Waals surface area contributed by atoms with Crippen molar-refractivity contribution in [2.75, 3.05) is 0 Å². The van der Waals surface area contributed by atoms with Crippen LogP contribution in [0.3, 0.4) is 0 Å². The third kappa shape index (κ3) is 5.44. The van der Waals surface area contributed by atoms with Crippen LogP contribution in [-0.4, -0.2) is 19.7 Å². The SMILES string of the molecule is Cc1nnc(CSc2nc3ccccc3c(=O)n2CCCCCCC(C)C)o1. The Bertz CT molecular complexity index is 964. The quantitative estimate of drug-likeness (QED) is 0.271. The third-order valence-corrected chi connectivity index (χ3v) is 5.59. The van der Waals surface area contributed by atoms with Gasteiger partial charge < -0.3 is 4.42 Å². The summed E-state index contributed by atoms with van der Waals surface area (Å²) in [6, 6.07) is 7.52. The van der Waals surface area contributed by atoms with Crippen LogP contribution in [-0.2, 0) is 12.3 Å². The van der Waals surface area contributed by atoms with Crippen LogP contribution in [0.15, 0.2) is 38.6 Å². The average molecular weight is 401 g/mol. The van der Waals surface area contributed by atoms with Gasteiger partial charge in [0.2, 0.25) is 11.8 Å². The summed E-state index contributed by atoms with van der Waals surface area (Å²) in [5.74, 6) is 2.34. The number of hydrogen-bond acceptors (Lipinski definition) is 6.